The number of rotatable bonds is 5. The summed E-state index contributed by atoms with van der Waals surface area (Å²) in [6.45, 7) is 1.58. The van der Waals surface area contributed by atoms with Crippen LogP contribution in [0.15, 0.2) is 71.8 Å². The van der Waals surface area contributed by atoms with Crippen LogP contribution in [-0.2, 0) is 9.84 Å². The molecule has 0 fully saturated rings. The minimum atomic E-state index is -3.29. The summed E-state index contributed by atoms with van der Waals surface area (Å²) in [5.74, 6) is -0.329. The summed E-state index contributed by atoms with van der Waals surface area (Å²) in [5.41, 5.74) is 2.34. The van der Waals surface area contributed by atoms with Gasteiger partial charge in [0.05, 0.1) is 21.4 Å². The number of hydrogen-bond acceptors (Lipinski definition) is 15. The van der Waals surface area contributed by atoms with Crippen LogP contribution in [0, 0.1) is 0 Å². The highest BCUT2D eigenvalue weighted by Crippen LogP contribution is 2.29. The fourth-order valence-corrected chi connectivity index (χ4v) is 3.60. The smallest absolute Gasteiger partial charge is 0.255 e. The molecule has 0 aliphatic rings. The quantitative estimate of drug-likeness (QED) is 0.157. The lowest BCUT2D eigenvalue weighted by atomic mass is 10.1. The lowest BCUT2D eigenvalue weighted by molar-refractivity contribution is 0.102. The van der Waals surface area contributed by atoms with Gasteiger partial charge in [-0.1, -0.05) is 24.6 Å². The van der Waals surface area contributed by atoms with Crippen molar-refractivity contribution in [3.05, 3.63) is 77.4 Å². The van der Waals surface area contributed by atoms with Crippen LogP contribution in [0.25, 0.3) is 11.3 Å². The molecule has 34 N–H and O–H groups in total. The number of amides is 1. The number of nitrogens with zero attached hydrogens (tertiary/aromatic N) is 1. The van der Waals surface area contributed by atoms with Gasteiger partial charge in [0.25, 0.3) is 5.91 Å². The lowest BCUT2D eigenvalue weighted by Gasteiger charge is -2.09. The third-order valence-corrected chi connectivity index (χ3v) is 6.10. The summed E-state index contributed by atoms with van der Waals surface area (Å²) in [6, 6.07) is 16.5. The molecule has 1 heterocycles. The Balaban J connectivity index is -0.000000109. The Labute approximate surface area is 230 Å². The van der Waals surface area contributed by atoms with Crippen LogP contribution in [0.3, 0.4) is 0 Å². The number of sulfone groups is 1. The number of aromatic nitrogens is 1. The second-order valence-electron chi connectivity index (χ2n) is 5.79. The van der Waals surface area contributed by atoms with Crippen molar-refractivity contribution in [2.24, 2.45) is 0 Å². The fourth-order valence-electron chi connectivity index (χ4n) is 2.50. The predicted molar refractivity (Wildman–Crippen MR) is 162 cm³/mol. The second kappa shape index (κ2) is 25.5. The third kappa shape index (κ3) is 14.0. The molecule has 1 amide bonds. The molecule has 0 unspecified atom stereocenters. The number of pyridine rings is 1. The number of benzene rings is 2. The number of halogens is 1. The maximum atomic E-state index is 12.5. The van der Waals surface area contributed by atoms with E-state index in [9.17, 15) is 13.2 Å². The summed E-state index contributed by atoms with van der Waals surface area (Å²) >= 11 is 6.25. The summed E-state index contributed by atoms with van der Waals surface area (Å²) in [5, 5.41) is 3.32. The largest absolute Gasteiger partial charge is 0.344 e. The molecule has 1 aromatic heterocycles. The van der Waals surface area contributed by atoms with E-state index in [-0.39, 0.29) is 84.2 Å². The summed E-state index contributed by atoms with van der Waals surface area (Å²) < 4.78 is 23.7. The van der Waals surface area contributed by atoms with Gasteiger partial charge >= 0.3 is 0 Å². The lowest BCUT2D eigenvalue weighted by Crippen LogP contribution is -2.12. The average Bonchev–Trinajstić information content (AvgIpc) is 2.70. The Morgan fingerprint density at radius 1 is 0.789 bits per heavy atom. The van der Waals surface area contributed by atoms with Crippen molar-refractivity contribution in [1.29, 1.82) is 0 Å². The first-order valence-electron chi connectivity index (χ1n) is 8.26. The number of carbonyl (C=O) groups excluding carboxylic acids is 1. The molecule has 0 spiro atoms. The molecule has 0 bridgehead atoms. The van der Waals surface area contributed by atoms with Crippen LogP contribution in [0.2, 0.25) is 5.02 Å². The van der Waals surface area contributed by atoms with Gasteiger partial charge in [0.15, 0.2) is 9.84 Å². The van der Waals surface area contributed by atoms with Gasteiger partial charge in [-0.25, -0.2) is 8.42 Å². The van der Waals surface area contributed by atoms with Crippen molar-refractivity contribution in [3.63, 3.8) is 0 Å². The maximum Gasteiger partial charge on any atom is 0.255 e. The Bertz CT molecular complexity index is 1090. The number of carbonyl (C=O) groups is 1. The molecule has 0 aliphatic carbocycles. The zero-order chi connectivity index (χ0) is 19.4. The van der Waals surface area contributed by atoms with Gasteiger partial charge in [0.2, 0.25) is 0 Å². The maximum absolute atomic E-state index is 12.5. The molecule has 0 saturated carbocycles. The van der Waals surface area contributed by atoms with Crippen molar-refractivity contribution in [1.82, 2.24) is 72.6 Å². The van der Waals surface area contributed by atoms with Gasteiger partial charge in [0.1, 0.15) is 0 Å². The average molecular weight is 588 g/mol. The second-order valence-corrected chi connectivity index (χ2v) is 8.48. The van der Waals surface area contributed by atoms with Gasteiger partial charge in [-0.3, -0.25) is 9.78 Å². The Kier molecular flexibility index (Phi) is 40.1. The third-order valence-electron chi connectivity index (χ3n) is 4.02. The van der Waals surface area contributed by atoms with E-state index in [2.05, 4.69) is 10.3 Å². The van der Waals surface area contributed by atoms with E-state index in [4.69, 9.17) is 11.6 Å². The van der Waals surface area contributed by atoms with Crippen LogP contribution in [0.4, 0.5) is 5.69 Å². The van der Waals surface area contributed by atoms with E-state index in [0.717, 1.165) is 0 Å². The zero-order valence-electron chi connectivity index (χ0n) is 22.3. The molecule has 3 rings (SSSR count). The molecule has 16 nitrogen and oxygen atoms in total. The van der Waals surface area contributed by atoms with Crippen molar-refractivity contribution >= 4 is 33.0 Å². The van der Waals surface area contributed by atoms with Crippen molar-refractivity contribution in [2.75, 3.05) is 11.1 Å². The van der Waals surface area contributed by atoms with E-state index >= 15 is 0 Å². The van der Waals surface area contributed by atoms with Gasteiger partial charge in [-0.05, 0) is 54.6 Å². The fraction of sp³-hybridized carbons (Fsp3) is 0.100. The first kappa shape index (κ1) is 59.8. The summed E-state index contributed by atoms with van der Waals surface area (Å²) in [7, 11) is -3.29. The Morgan fingerprint density at radius 2 is 1.32 bits per heavy atom. The van der Waals surface area contributed by atoms with E-state index < -0.39 is 9.84 Å². The number of nitrogens with one attached hydrogen (secondary N) is 1. The number of anilines is 1. The molecule has 38 heavy (non-hydrogen) atoms. The normalized spacial score (nSPS) is 7.95. The van der Waals surface area contributed by atoms with Gasteiger partial charge in [-0.15, -0.1) is 0 Å². The minimum Gasteiger partial charge on any atom is -0.344 e. The van der Waals surface area contributed by atoms with Gasteiger partial charge in [0, 0.05) is 23.0 Å². The molecule has 2 aromatic carbocycles. The van der Waals surface area contributed by atoms with Gasteiger partial charge < -0.3 is 73.0 Å². The van der Waals surface area contributed by atoms with E-state index in [1.54, 1.807) is 31.3 Å². The topological polar surface area (TPSA) is 461 Å². The monoisotopic (exact) mass is 587 g/mol. The Hall–Kier alpha value is -3.14. The van der Waals surface area contributed by atoms with Crippen molar-refractivity contribution in [2.45, 2.75) is 11.8 Å². The van der Waals surface area contributed by atoms with Crippen LogP contribution >= 0.6 is 11.6 Å². The predicted octanol–water partition coefficient (Wildman–Crippen LogP) is 6.23. The minimum absolute atomic E-state index is 0. The molecule has 18 heteroatoms. The molecule has 0 atom stereocenters. The van der Waals surface area contributed by atoms with Crippen molar-refractivity contribution < 1.29 is 13.2 Å². The molecule has 3 aromatic rings. The van der Waals surface area contributed by atoms with Crippen molar-refractivity contribution in [3.8, 4) is 11.3 Å². The SMILES string of the molecule is CCS(=O)(=O)c1ccc(C(=O)Nc2ccc(Cl)c(-c3ccccn3)c2)cc1.N.N.N.N.N.N.N.N.N.N.N. The molecule has 226 valence electrons. The molecule has 0 saturated heterocycles. The summed E-state index contributed by atoms with van der Waals surface area (Å²) in [6.07, 6.45) is 1.67. The first-order valence-corrected chi connectivity index (χ1v) is 10.3. The van der Waals surface area contributed by atoms with Gasteiger partial charge in [-0.2, -0.15) is 0 Å². The van der Waals surface area contributed by atoms with Crippen LogP contribution < -0.4 is 73.0 Å². The zero-order valence-corrected chi connectivity index (χ0v) is 23.9. The molecular weight excluding hydrogens is 538 g/mol. The molecule has 0 aliphatic heterocycles. The number of hydrogen-bond donors (Lipinski definition) is 12. The van der Waals surface area contributed by atoms with Crippen LogP contribution in [0.1, 0.15) is 17.3 Å². The van der Waals surface area contributed by atoms with Crippen LogP contribution in [0.5, 0.6) is 0 Å². The van der Waals surface area contributed by atoms with E-state index in [1.165, 1.54) is 24.3 Å². The van der Waals surface area contributed by atoms with E-state index in [0.29, 0.717) is 27.5 Å². The first-order chi connectivity index (χ1) is 12.9. The summed E-state index contributed by atoms with van der Waals surface area (Å²) in [4.78, 5) is 16.9. The Morgan fingerprint density at radius 3 is 1.76 bits per heavy atom. The van der Waals surface area contributed by atoms with E-state index in [1.807, 2.05) is 18.2 Å². The molecule has 0 radical (unpaired) electrons. The highest BCUT2D eigenvalue weighted by atomic mass is 35.5. The highest BCUT2D eigenvalue weighted by Gasteiger charge is 2.13. The standard InChI is InChI=1S/C20H17ClN2O3S.11H3N/c1-2-27(25,26)16-9-6-14(7-10-16)20(24)23-15-8-11-18(21)17(13-15)19-5-3-4-12-22-19;;;;;;;;;;;/h3-13H,2H2,1H3,(H,23,24);11*1H3. The highest BCUT2D eigenvalue weighted by molar-refractivity contribution is 7.91. The van der Waals surface area contributed by atoms with Crippen LogP contribution in [-0.4, -0.2) is 25.1 Å². The molecular formula is C20H50ClN13O3S.